The first-order valence-corrected chi connectivity index (χ1v) is 18.2. The van der Waals surface area contributed by atoms with Gasteiger partial charge in [-0.05, 0) is 99.6 Å². The first-order valence-electron chi connectivity index (χ1n) is 18.2. The van der Waals surface area contributed by atoms with Crippen LogP contribution in [0.4, 0.5) is 0 Å². The van der Waals surface area contributed by atoms with Gasteiger partial charge in [-0.3, -0.25) is 0 Å². The highest BCUT2D eigenvalue weighted by molar-refractivity contribution is 6.12. The number of allylic oxidation sites excluding steroid dienone is 8. The fourth-order valence-electron chi connectivity index (χ4n) is 8.68. The number of hydrogen-bond donors (Lipinski definition) is 0. The second-order valence-corrected chi connectivity index (χ2v) is 14.2. The zero-order valence-electron chi connectivity index (χ0n) is 28.6. The summed E-state index contributed by atoms with van der Waals surface area (Å²) < 4.78 is 4.88. The van der Waals surface area contributed by atoms with Crippen LogP contribution in [0.3, 0.4) is 0 Å². The number of hydrogen-bond acceptors (Lipinski definition) is 0. The highest BCUT2D eigenvalue weighted by Gasteiger charge is 2.21. The molecule has 0 spiro atoms. The van der Waals surface area contributed by atoms with E-state index in [9.17, 15) is 0 Å². The van der Waals surface area contributed by atoms with Crippen LogP contribution in [0.2, 0.25) is 0 Å². The van der Waals surface area contributed by atoms with Crippen molar-refractivity contribution in [1.82, 2.24) is 9.13 Å². The Bertz CT molecular complexity index is 3030. The molecule has 52 heavy (non-hydrogen) atoms. The van der Waals surface area contributed by atoms with Crippen molar-refractivity contribution in [3.8, 4) is 27.9 Å². The topological polar surface area (TPSA) is 9.86 Å². The van der Waals surface area contributed by atoms with Crippen LogP contribution in [0, 0.1) is 5.92 Å². The van der Waals surface area contributed by atoms with Gasteiger partial charge in [-0.15, -0.1) is 0 Å². The molecule has 2 aromatic heterocycles. The molecule has 2 aliphatic rings. The number of rotatable bonds is 4. The summed E-state index contributed by atoms with van der Waals surface area (Å²) >= 11 is 0. The summed E-state index contributed by atoms with van der Waals surface area (Å²) in [5, 5.41) is 7.63. The summed E-state index contributed by atoms with van der Waals surface area (Å²) in [5.41, 5.74) is 13.8. The molecule has 9 aromatic rings. The van der Waals surface area contributed by atoms with Gasteiger partial charge in [-0.1, -0.05) is 134 Å². The van der Waals surface area contributed by atoms with Gasteiger partial charge >= 0.3 is 0 Å². The highest BCUT2D eigenvalue weighted by Crippen LogP contribution is 2.40. The average Bonchev–Trinajstić information content (AvgIpc) is 3.73. The molecule has 2 aliphatic carbocycles. The smallest absolute Gasteiger partial charge is 0.0541 e. The van der Waals surface area contributed by atoms with Crippen LogP contribution in [0.1, 0.15) is 6.42 Å². The van der Waals surface area contributed by atoms with Crippen molar-refractivity contribution in [3.63, 3.8) is 0 Å². The number of aromatic nitrogens is 2. The third-order valence-corrected chi connectivity index (χ3v) is 11.2. The maximum absolute atomic E-state index is 2.48. The van der Waals surface area contributed by atoms with Crippen LogP contribution in [0.15, 0.2) is 194 Å². The lowest BCUT2D eigenvalue weighted by atomic mass is 9.86. The molecule has 1 unspecified atom stereocenters. The van der Waals surface area contributed by atoms with Gasteiger partial charge in [0.05, 0.1) is 22.1 Å². The second kappa shape index (κ2) is 11.4. The highest BCUT2D eigenvalue weighted by atomic mass is 15.0. The van der Waals surface area contributed by atoms with E-state index in [1.54, 1.807) is 0 Å². The quantitative estimate of drug-likeness (QED) is 0.177. The number of para-hydroxylation sites is 2. The minimum absolute atomic E-state index is 0.433. The van der Waals surface area contributed by atoms with Gasteiger partial charge in [0, 0.05) is 38.8 Å². The molecular weight excluding hydrogens is 629 g/mol. The summed E-state index contributed by atoms with van der Waals surface area (Å²) in [4.78, 5) is 0. The zero-order valence-corrected chi connectivity index (χ0v) is 28.6. The minimum atomic E-state index is 0.433. The van der Waals surface area contributed by atoms with Gasteiger partial charge in [0.2, 0.25) is 0 Å². The van der Waals surface area contributed by atoms with Gasteiger partial charge in [0.25, 0.3) is 0 Å². The summed E-state index contributed by atoms with van der Waals surface area (Å²) in [7, 11) is 0. The van der Waals surface area contributed by atoms with Crippen LogP contribution in [-0.2, 0) is 0 Å². The lowest BCUT2D eigenvalue weighted by molar-refractivity contribution is 0.770. The van der Waals surface area contributed by atoms with Crippen molar-refractivity contribution in [2.24, 2.45) is 5.92 Å². The zero-order chi connectivity index (χ0) is 34.2. The predicted octanol–water partition coefficient (Wildman–Crippen LogP) is 13.3. The Hall–Kier alpha value is -6.64. The lowest BCUT2D eigenvalue weighted by Gasteiger charge is -2.24. The molecule has 0 saturated carbocycles. The van der Waals surface area contributed by atoms with Crippen molar-refractivity contribution in [2.75, 3.05) is 0 Å². The first kappa shape index (κ1) is 29.1. The van der Waals surface area contributed by atoms with E-state index in [4.69, 9.17) is 0 Å². The van der Waals surface area contributed by atoms with Gasteiger partial charge < -0.3 is 9.13 Å². The van der Waals surface area contributed by atoms with E-state index in [-0.39, 0.29) is 0 Å². The van der Waals surface area contributed by atoms with E-state index < -0.39 is 0 Å². The molecule has 0 fully saturated rings. The van der Waals surface area contributed by atoms with Crippen molar-refractivity contribution < 1.29 is 0 Å². The van der Waals surface area contributed by atoms with Gasteiger partial charge in [0.15, 0.2) is 0 Å². The van der Waals surface area contributed by atoms with E-state index >= 15 is 0 Å². The molecule has 2 nitrogen and oxygen atoms in total. The third-order valence-electron chi connectivity index (χ3n) is 11.2. The molecular formula is C50H34N2. The van der Waals surface area contributed by atoms with E-state index in [2.05, 4.69) is 197 Å². The lowest BCUT2D eigenvalue weighted by Crippen LogP contribution is -2.10. The van der Waals surface area contributed by atoms with Crippen LogP contribution >= 0.6 is 0 Å². The van der Waals surface area contributed by atoms with Gasteiger partial charge in [-0.25, -0.2) is 0 Å². The Balaban J connectivity index is 0.969. The molecule has 0 radical (unpaired) electrons. The molecule has 1 atom stereocenters. The van der Waals surface area contributed by atoms with E-state index in [0.717, 1.165) is 6.42 Å². The van der Waals surface area contributed by atoms with Gasteiger partial charge in [0.1, 0.15) is 0 Å². The predicted molar refractivity (Wildman–Crippen MR) is 221 cm³/mol. The fraction of sp³-hybridized carbons (Fsp3) is 0.0400. The van der Waals surface area contributed by atoms with E-state index in [1.807, 2.05) is 0 Å². The first-order chi connectivity index (χ1) is 25.8. The van der Waals surface area contributed by atoms with E-state index in [1.165, 1.54) is 93.6 Å². The number of nitrogens with zero attached hydrogens (tertiary/aromatic N) is 2. The molecule has 244 valence electrons. The normalized spacial score (nSPS) is 15.5. The summed E-state index contributed by atoms with van der Waals surface area (Å²) in [6.45, 7) is 0. The minimum Gasteiger partial charge on any atom is -0.313 e. The Morgan fingerprint density at radius 1 is 0.423 bits per heavy atom. The van der Waals surface area contributed by atoms with Crippen LogP contribution < -0.4 is 0 Å². The second-order valence-electron chi connectivity index (χ2n) is 14.2. The summed E-state index contributed by atoms with van der Waals surface area (Å²) in [6.07, 6.45) is 14.5. The number of benzene rings is 7. The molecule has 7 aromatic carbocycles. The van der Waals surface area contributed by atoms with Crippen LogP contribution in [0.5, 0.6) is 0 Å². The van der Waals surface area contributed by atoms with E-state index in [0.29, 0.717) is 5.92 Å². The maximum atomic E-state index is 2.48. The molecule has 2 heterocycles. The average molecular weight is 663 g/mol. The summed E-state index contributed by atoms with van der Waals surface area (Å²) in [6, 6.07) is 56.0. The molecule has 0 saturated heterocycles. The number of fused-ring (bicyclic) bond motifs is 8. The molecule has 2 heteroatoms. The third kappa shape index (κ3) is 4.51. The Kier molecular flexibility index (Phi) is 6.41. The van der Waals surface area contributed by atoms with Crippen molar-refractivity contribution in [1.29, 1.82) is 0 Å². The maximum Gasteiger partial charge on any atom is 0.0541 e. The molecule has 0 aliphatic heterocycles. The largest absolute Gasteiger partial charge is 0.313 e. The molecule has 0 amide bonds. The molecule has 11 rings (SSSR count). The fourth-order valence-corrected chi connectivity index (χ4v) is 8.68. The van der Waals surface area contributed by atoms with Crippen LogP contribution in [0.25, 0.3) is 88.0 Å². The van der Waals surface area contributed by atoms with Gasteiger partial charge in [-0.2, -0.15) is 0 Å². The van der Waals surface area contributed by atoms with Crippen molar-refractivity contribution in [3.05, 3.63) is 194 Å². The molecule has 0 bridgehead atoms. The van der Waals surface area contributed by atoms with Crippen LogP contribution in [-0.4, -0.2) is 9.13 Å². The molecule has 0 N–H and O–H groups in total. The monoisotopic (exact) mass is 662 g/mol. The summed E-state index contributed by atoms with van der Waals surface area (Å²) in [5.74, 6) is 0.433. The SMILES string of the molecule is C1=CC2=CC=C(n3c4ccccc4c4cc(-c5ccc(-c6ccc7c(c6)c6ccccc6n7-c6ccc7ccccc7c6)cc5)ccc43)CC2C=C1. The van der Waals surface area contributed by atoms with Crippen molar-refractivity contribution in [2.45, 2.75) is 6.42 Å². The Labute approximate surface area is 302 Å². The Morgan fingerprint density at radius 2 is 1.00 bits per heavy atom. The Morgan fingerprint density at radius 3 is 1.71 bits per heavy atom. The standard InChI is InChI=1S/C50H34N2/c1-3-11-37-29-41(25-21-33(37)9-1)51-47-15-7-5-13-43(47)45-31-39(23-27-49(45)51)35-17-19-36(20-18-35)40-24-28-50-46(32-40)44-14-6-8-16-48(44)52(50)42-26-22-34-10-2-4-12-38(34)30-42/h1-29,31-32,38H,30H2. The van der Waals surface area contributed by atoms with Crippen molar-refractivity contribution >= 4 is 60.1 Å².